The summed E-state index contributed by atoms with van der Waals surface area (Å²) in [7, 11) is 0. The maximum atomic E-state index is 14.0. The van der Waals surface area contributed by atoms with Gasteiger partial charge in [-0.15, -0.1) is 0 Å². The Balaban J connectivity index is 2.50. The molecule has 9 nitrogen and oxygen atoms in total. The molecule has 226 valence electrons. The highest BCUT2D eigenvalue weighted by molar-refractivity contribution is 6.00. The van der Waals surface area contributed by atoms with Crippen LogP contribution in [0.15, 0.2) is 42.5 Å². The number of carbonyl (C=O) groups is 3. The standard InChI is InChI=1S/C32H47N3O6/c1-7-8-9-10-11-14-20-35(30(39)25(21-36)33-31(40)41-32(4,5)6)28(24-18-12-13-19-26(24)37)29(38)34-27-22(2)16-15-17-23(27)3/h12-13,15-19,25,28,36-37H,7-11,14,20-21H2,1-6H3,(H,33,40)(H,34,38). The summed E-state index contributed by atoms with van der Waals surface area (Å²) in [5.74, 6) is -1.32. The zero-order chi connectivity index (χ0) is 30.6. The number of para-hydroxylation sites is 2. The first-order valence-corrected chi connectivity index (χ1v) is 14.4. The van der Waals surface area contributed by atoms with Gasteiger partial charge < -0.3 is 30.5 Å². The number of nitrogens with one attached hydrogen (secondary N) is 2. The Morgan fingerprint density at radius 2 is 1.54 bits per heavy atom. The number of phenolic OH excluding ortho intramolecular Hbond substituents is 1. The lowest BCUT2D eigenvalue weighted by atomic mass is 10.00. The van der Waals surface area contributed by atoms with Crippen molar-refractivity contribution in [3.8, 4) is 5.75 Å². The largest absolute Gasteiger partial charge is 0.508 e. The fraction of sp³-hybridized carbons (Fsp3) is 0.531. The monoisotopic (exact) mass is 569 g/mol. The number of aryl methyl sites for hydroxylation is 2. The number of amides is 3. The van der Waals surface area contributed by atoms with Crippen LogP contribution in [0, 0.1) is 13.8 Å². The topological polar surface area (TPSA) is 128 Å². The average Bonchev–Trinajstić information content (AvgIpc) is 2.90. The van der Waals surface area contributed by atoms with Gasteiger partial charge in [0.25, 0.3) is 5.91 Å². The van der Waals surface area contributed by atoms with Crippen molar-refractivity contribution in [3.05, 3.63) is 59.2 Å². The number of unbranched alkanes of at least 4 members (excludes halogenated alkanes) is 5. The molecule has 0 aliphatic heterocycles. The lowest BCUT2D eigenvalue weighted by Gasteiger charge is -2.34. The minimum absolute atomic E-state index is 0.143. The molecule has 0 saturated carbocycles. The van der Waals surface area contributed by atoms with Gasteiger partial charge in [-0.05, 0) is 58.2 Å². The van der Waals surface area contributed by atoms with E-state index in [4.69, 9.17) is 4.74 Å². The molecule has 2 atom stereocenters. The Morgan fingerprint density at radius 1 is 0.927 bits per heavy atom. The van der Waals surface area contributed by atoms with E-state index in [1.165, 1.54) is 11.0 Å². The quantitative estimate of drug-likeness (QED) is 0.214. The van der Waals surface area contributed by atoms with E-state index in [9.17, 15) is 24.6 Å². The van der Waals surface area contributed by atoms with Crippen LogP contribution in [-0.2, 0) is 14.3 Å². The number of carbonyl (C=O) groups excluding carboxylic acids is 3. The number of phenols is 1. The maximum Gasteiger partial charge on any atom is 0.408 e. The average molecular weight is 570 g/mol. The molecule has 4 N–H and O–H groups in total. The molecule has 0 aliphatic carbocycles. The van der Waals surface area contributed by atoms with Gasteiger partial charge in [0.05, 0.1) is 6.61 Å². The molecule has 0 heterocycles. The second-order valence-corrected chi connectivity index (χ2v) is 11.4. The third-order valence-corrected chi connectivity index (χ3v) is 6.73. The molecular weight excluding hydrogens is 522 g/mol. The molecule has 0 fully saturated rings. The van der Waals surface area contributed by atoms with Gasteiger partial charge in [-0.2, -0.15) is 0 Å². The van der Waals surface area contributed by atoms with E-state index in [-0.39, 0.29) is 17.9 Å². The smallest absolute Gasteiger partial charge is 0.408 e. The van der Waals surface area contributed by atoms with Crippen molar-refractivity contribution >= 4 is 23.6 Å². The van der Waals surface area contributed by atoms with Gasteiger partial charge >= 0.3 is 6.09 Å². The number of hydrogen-bond donors (Lipinski definition) is 4. The third kappa shape index (κ3) is 10.4. The SMILES string of the molecule is CCCCCCCCN(C(=O)C(CO)NC(=O)OC(C)(C)C)C(C(=O)Nc1c(C)cccc1C)c1ccccc1O. The molecule has 9 heteroatoms. The van der Waals surface area contributed by atoms with Gasteiger partial charge in [-0.25, -0.2) is 4.79 Å². The number of rotatable bonds is 14. The number of nitrogens with zero attached hydrogens (tertiary/aromatic N) is 1. The van der Waals surface area contributed by atoms with E-state index in [0.717, 1.165) is 43.2 Å². The van der Waals surface area contributed by atoms with Gasteiger partial charge in [0.1, 0.15) is 23.4 Å². The molecule has 0 radical (unpaired) electrons. The summed E-state index contributed by atoms with van der Waals surface area (Å²) in [4.78, 5) is 41.9. The maximum absolute atomic E-state index is 14.0. The van der Waals surface area contributed by atoms with Crippen molar-refractivity contribution in [2.24, 2.45) is 0 Å². The van der Waals surface area contributed by atoms with E-state index in [2.05, 4.69) is 17.6 Å². The molecule has 0 bridgehead atoms. The first-order chi connectivity index (χ1) is 19.4. The van der Waals surface area contributed by atoms with Crippen molar-refractivity contribution in [3.63, 3.8) is 0 Å². The normalized spacial score (nSPS) is 12.8. The lowest BCUT2D eigenvalue weighted by molar-refractivity contribution is -0.141. The number of alkyl carbamates (subject to hydrolysis) is 1. The van der Waals surface area contributed by atoms with E-state index >= 15 is 0 Å². The zero-order valence-electron chi connectivity index (χ0n) is 25.3. The van der Waals surface area contributed by atoms with Crippen LogP contribution >= 0.6 is 0 Å². The fourth-order valence-electron chi connectivity index (χ4n) is 4.64. The van der Waals surface area contributed by atoms with Crippen LogP contribution in [0.5, 0.6) is 5.75 Å². The van der Waals surface area contributed by atoms with Crippen molar-refractivity contribution < 1.29 is 29.3 Å². The summed E-state index contributed by atoms with van der Waals surface area (Å²) >= 11 is 0. The number of ether oxygens (including phenoxy) is 1. The Morgan fingerprint density at radius 3 is 2.12 bits per heavy atom. The number of aromatic hydroxyl groups is 1. The minimum atomic E-state index is -1.36. The van der Waals surface area contributed by atoms with Crippen molar-refractivity contribution in [2.45, 2.75) is 97.8 Å². The second kappa shape index (κ2) is 16.0. The molecular formula is C32H47N3O6. The predicted octanol–water partition coefficient (Wildman–Crippen LogP) is 5.76. The second-order valence-electron chi connectivity index (χ2n) is 11.4. The summed E-state index contributed by atoms with van der Waals surface area (Å²) in [6.07, 6.45) is 4.84. The van der Waals surface area contributed by atoms with Crippen LogP contribution < -0.4 is 10.6 Å². The Bertz CT molecular complexity index is 1140. The third-order valence-electron chi connectivity index (χ3n) is 6.73. The molecule has 41 heavy (non-hydrogen) atoms. The summed E-state index contributed by atoms with van der Waals surface area (Å²) in [5.41, 5.74) is 1.75. The van der Waals surface area contributed by atoms with Gasteiger partial charge in [0, 0.05) is 17.8 Å². The van der Waals surface area contributed by atoms with Gasteiger partial charge in [-0.1, -0.05) is 75.4 Å². The highest BCUT2D eigenvalue weighted by Crippen LogP contribution is 2.32. The first kappa shape index (κ1) is 33.6. The summed E-state index contributed by atoms with van der Waals surface area (Å²) in [6.45, 7) is 10.5. The molecule has 2 aromatic carbocycles. The Kier molecular flexibility index (Phi) is 13.1. The molecule has 0 aromatic heterocycles. The summed E-state index contributed by atoms with van der Waals surface area (Å²) in [6, 6.07) is 9.45. The van der Waals surface area contributed by atoms with E-state index in [1.807, 2.05) is 32.0 Å². The molecule has 0 spiro atoms. The predicted molar refractivity (Wildman–Crippen MR) is 161 cm³/mol. The van der Waals surface area contributed by atoms with Gasteiger partial charge in [0.15, 0.2) is 0 Å². The summed E-state index contributed by atoms with van der Waals surface area (Å²) in [5, 5.41) is 26.4. The zero-order valence-corrected chi connectivity index (χ0v) is 25.3. The number of benzene rings is 2. The van der Waals surface area contributed by atoms with Crippen LogP contribution in [-0.4, -0.2) is 57.8 Å². The molecule has 0 aliphatic rings. The molecule has 0 saturated heterocycles. The fourth-order valence-corrected chi connectivity index (χ4v) is 4.64. The highest BCUT2D eigenvalue weighted by Gasteiger charge is 2.37. The number of aliphatic hydroxyl groups excluding tert-OH is 1. The summed E-state index contributed by atoms with van der Waals surface area (Å²) < 4.78 is 5.30. The Hall–Kier alpha value is -3.59. The van der Waals surface area contributed by atoms with Crippen molar-refractivity contribution in [1.29, 1.82) is 0 Å². The van der Waals surface area contributed by atoms with Gasteiger partial charge in [-0.3, -0.25) is 9.59 Å². The number of aliphatic hydroxyl groups is 1. The first-order valence-electron chi connectivity index (χ1n) is 14.4. The molecule has 3 amide bonds. The minimum Gasteiger partial charge on any atom is -0.508 e. The van der Waals surface area contributed by atoms with Gasteiger partial charge in [0.2, 0.25) is 5.91 Å². The molecule has 2 aromatic rings. The van der Waals surface area contributed by atoms with Crippen LogP contribution in [0.25, 0.3) is 0 Å². The molecule has 2 rings (SSSR count). The van der Waals surface area contributed by atoms with E-state index in [0.29, 0.717) is 12.1 Å². The van der Waals surface area contributed by atoms with Crippen LogP contribution in [0.4, 0.5) is 10.5 Å². The van der Waals surface area contributed by atoms with Crippen molar-refractivity contribution in [2.75, 3.05) is 18.5 Å². The van der Waals surface area contributed by atoms with Crippen LogP contribution in [0.2, 0.25) is 0 Å². The number of anilines is 1. The lowest BCUT2D eigenvalue weighted by Crippen LogP contribution is -2.54. The van der Waals surface area contributed by atoms with E-state index in [1.54, 1.807) is 39.0 Å². The number of hydrogen-bond acceptors (Lipinski definition) is 6. The van der Waals surface area contributed by atoms with Crippen LogP contribution in [0.1, 0.15) is 89.0 Å². The highest BCUT2D eigenvalue weighted by atomic mass is 16.6. The Labute approximate surface area is 244 Å². The van der Waals surface area contributed by atoms with E-state index < -0.39 is 42.2 Å². The van der Waals surface area contributed by atoms with Crippen molar-refractivity contribution in [1.82, 2.24) is 10.2 Å². The van der Waals surface area contributed by atoms with Crippen LogP contribution in [0.3, 0.4) is 0 Å². The molecule has 2 unspecified atom stereocenters.